The van der Waals surface area contributed by atoms with Crippen molar-refractivity contribution in [2.24, 2.45) is 5.73 Å². The van der Waals surface area contributed by atoms with E-state index in [0.717, 1.165) is 5.56 Å². The summed E-state index contributed by atoms with van der Waals surface area (Å²) in [5.41, 5.74) is 8.68. The molecule has 0 aromatic carbocycles. The Morgan fingerprint density at radius 2 is 2.23 bits per heavy atom. The van der Waals surface area contributed by atoms with Crippen molar-refractivity contribution in [3.63, 3.8) is 0 Å². The zero-order chi connectivity index (χ0) is 16.0. The molecule has 22 heavy (non-hydrogen) atoms. The van der Waals surface area contributed by atoms with Gasteiger partial charge in [0.15, 0.2) is 18.9 Å². The van der Waals surface area contributed by atoms with E-state index < -0.39 is 12.0 Å². The lowest BCUT2D eigenvalue weighted by Gasteiger charge is -2.49. The summed E-state index contributed by atoms with van der Waals surface area (Å²) in [5, 5.41) is 11.2. The number of carbonyl (C=O) groups is 2. The Balaban J connectivity index is 1.94. The number of hydrogen-bond donors (Lipinski definition) is 1. The molecule has 0 spiro atoms. The Hall–Kier alpha value is -1.86. The number of aliphatic carboxylic acids is 1. The zero-order valence-corrected chi connectivity index (χ0v) is 13.2. The van der Waals surface area contributed by atoms with Gasteiger partial charge in [-0.2, -0.15) is 0 Å². The Labute approximate surface area is 132 Å². The number of amides is 1. The van der Waals surface area contributed by atoms with Crippen LogP contribution in [0.2, 0.25) is 0 Å². The standard InChI is InChI=1S/C15H17N3O3S/c1-8-3-4-17(5-9(8)2)6-10-7-22-14-11(16)13(19)18(14)12(10)15(20)21/h3-5,11,14H,6-7,16H2,1-2H3. The first-order chi connectivity index (χ1) is 10.4. The van der Waals surface area contributed by atoms with E-state index in [4.69, 9.17) is 5.73 Å². The van der Waals surface area contributed by atoms with E-state index in [2.05, 4.69) is 0 Å². The van der Waals surface area contributed by atoms with Crippen LogP contribution in [0.25, 0.3) is 0 Å². The van der Waals surface area contributed by atoms with E-state index in [1.165, 1.54) is 22.2 Å². The number of thioether (sulfide) groups is 1. The minimum atomic E-state index is -1.31. The number of aryl methyl sites for hydroxylation is 2. The molecule has 1 saturated heterocycles. The van der Waals surface area contributed by atoms with Gasteiger partial charge in [-0.05, 0) is 19.4 Å². The van der Waals surface area contributed by atoms with E-state index in [1.807, 2.05) is 36.9 Å². The summed E-state index contributed by atoms with van der Waals surface area (Å²) in [6.45, 7) is 4.44. The van der Waals surface area contributed by atoms with Crippen molar-refractivity contribution in [2.45, 2.75) is 31.8 Å². The summed E-state index contributed by atoms with van der Waals surface area (Å²) in [4.78, 5) is 24.6. The molecule has 3 heterocycles. The minimum Gasteiger partial charge on any atom is -0.543 e. The lowest BCUT2D eigenvalue weighted by molar-refractivity contribution is -0.689. The number of fused-ring (bicyclic) bond motifs is 1. The molecule has 2 atom stereocenters. The Bertz CT molecular complexity index is 701. The van der Waals surface area contributed by atoms with E-state index in [-0.39, 0.29) is 17.0 Å². The van der Waals surface area contributed by atoms with Crippen LogP contribution in [0.1, 0.15) is 11.1 Å². The smallest absolute Gasteiger partial charge is 0.248 e. The zero-order valence-electron chi connectivity index (χ0n) is 12.4. The van der Waals surface area contributed by atoms with Crippen molar-refractivity contribution in [3.8, 4) is 0 Å². The molecule has 2 aliphatic heterocycles. The third-order valence-corrected chi connectivity index (χ3v) is 5.51. The number of carboxylic acid groups (broad SMARTS) is 1. The van der Waals surface area contributed by atoms with Crippen molar-refractivity contribution >= 4 is 23.6 Å². The van der Waals surface area contributed by atoms with Crippen LogP contribution in [-0.2, 0) is 16.1 Å². The molecule has 7 heteroatoms. The summed E-state index contributed by atoms with van der Waals surface area (Å²) in [7, 11) is 0. The van der Waals surface area contributed by atoms with Gasteiger partial charge in [-0.3, -0.25) is 9.69 Å². The van der Waals surface area contributed by atoms with Gasteiger partial charge in [-0.1, -0.05) is 0 Å². The van der Waals surface area contributed by atoms with Crippen LogP contribution in [0, 0.1) is 13.8 Å². The van der Waals surface area contributed by atoms with Crippen molar-refractivity contribution < 1.29 is 19.3 Å². The number of carboxylic acids is 1. The molecule has 2 unspecified atom stereocenters. The summed E-state index contributed by atoms with van der Waals surface area (Å²) >= 11 is 1.50. The first-order valence-corrected chi connectivity index (χ1v) is 8.05. The number of hydrogen-bond acceptors (Lipinski definition) is 5. The number of rotatable bonds is 3. The van der Waals surface area contributed by atoms with Gasteiger partial charge in [0.25, 0.3) is 0 Å². The Morgan fingerprint density at radius 3 is 2.86 bits per heavy atom. The van der Waals surface area contributed by atoms with Crippen molar-refractivity contribution in [3.05, 3.63) is 40.9 Å². The second-order valence-corrected chi connectivity index (χ2v) is 6.76. The fourth-order valence-electron chi connectivity index (χ4n) is 2.74. The Kier molecular flexibility index (Phi) is 3.70. The van der Waals surface area contributed by atoms with Crippen LogP contribution in [0.4, 0.5) is 0 Å². The van der Waals surface area contributed by atoms with Crippen LogP contribution in [0.5, 0.6) is 0 Å². The maximum absolute atomic E-state index is 11.9. The van der Waals surface area contributed by atoms with Gasteiger partial charge in [0, 0.05) is 23.0 Å². The molecule has 0 bridgehead atoms. The van der Waals surface area contributed by atoms with E-state index >= 15 is 0 Å². The molecule has 1 aromatic rings. The molecule has 3 rings (SSSR count). The van der Waals surface area contributed by atoms with E-state index in [1.54, 1.807) is 0 Å². The van der Waals surface area contributed by atoms with Crippen LogP contribution >= 0.6 is 11.8 Å². The van der Waals surface area contributed by atoms with Crippen molar-refractivity contribution in [1.82, 2.24) is 4.90 Å². The Morgan fingerprint density at radius 1 is 1.50 bits per heavy atom. The lowest BCUT2D eigenvalue weighted by Crippen LogP contribution is -2.69. The molecular weight excluding hydrogens is 302 g/mol. The molecule has 2 aliphatic rings. The number of nitrogens with two attached hydrogens (primary N) is 1. The van der Waals surface area contributed by atoms with Crippen LogP contribution in [0.15, 0.2) is 29.7 Å². The number of pyridine rings is 1. The highest BCUT2D eigenvalue weighted by atomic mass is 32.2. The van der Waals surface area contributed by atoms with E-state index in [9.17, 15) is 14.7 Å². The van der Waals surface area contributed by atoms with Crippen LogP contribution in [-0.4, -0.2) is 33.9 Å². The number of carbonyl (C=O) groups excluding carboxylic acids is 2. The monoisotopic (exact) mass is 319 g/mol. The highest BCUT2D eigenvalue weighted by molar-refractivity contribution is 8.00. The molecule has 1 aromatic heterocycles. The molecule has 116 valence electrons. The normalized spacial score (nSPS) is 24.1. The average Bonchev–Trinajstić information content (AvgIpc) is 2.49. The predicted octanol–water partition coefficient (Wildman–Crippen LogP) is -1.16. The average molecular weight is 319 g/mol. The van der Waals surface area contributed by atoms with Gasteiger partial charge in [-0.25, -0.2) is 4.57 Å². The lowest BCUT2D eigenvalue weighted by atomic mass is 10.0. The number of aromatic nitrogens is 1. The second-order valence-electron chi connectivity index (χ2n) is 5.66. The van der Waals surface area contributed by atoms with E-state index in [0.29, 0.717) is 17.9 Å². The molecule has 2 N–H and O–H groups in total. The fourth-order valence-corrected chi connectivity index (χ4v) is 4.02. The maximum atomic E-state index is 11.9. The van der Waals surface area contributed by atoms with Gasteiger partial charge in [-0.15, -0.1) is 11.8 Å². The SMILES string of the molecule is Cc1cc[n+](CC2=C(C(=O)[O-])N3C(=O)C(N)C3SC2)cc1C. The molecule has 1 fully saturated rings. The summed E-state index contributed by atoms with van der Waals surface area (Å²) in [5.74, 6) is -1.13. The summed E-state index contributed by atoms with van der Waals surface area (Å²) in [6.07, 6.45) is 3.87. The predicted molar refractivity (Wildman–Crippen MR) is 79.2 cm³/mol. The summed E-state index contributed by atoms with van der Waals surface area (Å²) in [6, 6.07) is 1.37. The molecular formula is C15H17N3O3S. The van der Waals surface area contributed by atoms with Gasteiger partial charge in [0.1, 0.15) is 11.4 Å². The first-order valence-electron chi connectivity index (χ1n) is 7.00. The number of β-lactam (4-membered cyclic amide) rings is 1. The third kappa shape index (κ3) is 2.30. The van der Waals surface area contributed by atoms with Gasteiger partial charge in [0.2, 0.25) is 5.91 Å². The highest BCUT2D eigenvalue weighted by Crippen LogP contribution is 2.39. The minimum absolute atomic E-state index is 0.0128. The topological polar surface area (TPSA) is 90.3 Å². The quantitative estimate of drug-likeness (QED) is 0.560. The molecule has 0 aliphatic carbocycles. The van der Waals surface area contributed by atoms with Gasteiger partial charge in [0.05, 0.1) is 11.7 Å². The van der Waals surface area contributed by atoms with Gasteiger partial charge >= 0.3 is 0 Å². The van der Waals surface area contributed by atoms with Crippen molar-refractivity contribution in [1.29, 1.82) is 0 Å². The first kappa shape index (κ1) is 15.1. The molecule has 6 nitrogen and oxygen atoms in total. The molecule has 0 saturated carbocycles. The second kappa shape index (κ2) is 5.40. The highest BCUT2D eigenvalue weighted by Gasteiger charge is 2.50. The van der Waals surface area contributed by atoms with Crippen molar-refractivity contribution in [2.75, 3.05) is 5.75 Å². The number of nitrogens with zero attached hydrogens (tertiary/aromatic N) is 2. The van der Waals surface area contributed by atoms with Gasteiger partial charge < -0.3 is 15.6 Å². The molecule has 0 radical (unpaired) electrons. The molecule has 1 amide bonds. The van der Waals surface area contributed by atoms with Crippen LogP contribution in [0.3, 0.4) is 0 Å². The fraction of sp³-hybridized carbons (Fsp3) is 0.400. The largest absolute Gasteiger partial charge is 0.543 e. The summed E-state index contributed by atoms with van der Waals surface area (Å²) < 4.78 is 1.92. The maximum Gasteiger partial charge on any atom is 0.248 e. The third-order valence-electron chi connectivity index (χ3n) is 4.15. The van der Waals surface area contributed by atoms with Crippen LogP contribution < -0.4 is 15.4 Å².